The average Bonchev–Trinajstić information content (AvgIpc) is 1.99. The summed E-state index contributed by atoms with van der Waals surface area (Å²) in [5.41, 5.74) is 0. The van der Waals surface area contributed by atoms with Crippen molar-refractivity contribution in [2.45, 2.75) is 18.5 Å². The van der Waals surface area contributed by atoms with Gasteiger partial charge in [-0.3, -0.25) is 4.18 Å². The minimum atomic E-state index is -5.74. The van der Waals surface area contributed by atoms with Crippen molar-refractivity contribution in [2.24, 2.45) is 0 Å². The molecule has 3 nitrogen and oxygen atoms in total. The first kappa shape index (κ1) is 13.6. The van der Waals surface area contributed by atoms with E-state index in [-0.39, 0.29) is 0 Å². The van der Waals surface area contributed by atoms with E-state index in [2.05, 4.69) is 4.18 Å². The molecule has 0 spiro atoms. The second-order valence-electron chi connectivity index (χ2n) is 2.38. The molecule has 0 saturated heterocycles. The molecule has 86 valence electrons. The summed E-state index contributed by atoms with van der Waals surface area (Å²) in [5.74, 6) is -6.39. The standard InChI is InChI=1S/C5H7F5O3S/c1-13-14(11,12)3-2-4(6,7)5(8,9)10/h2-3H2,1H3. The molecule has 0 aromatic heterocycles. The Bertz CT molecular complexity index is 280. The highest BCUT2D eigenvalue weighted by atomic mass is 32.2. The SMILES string of the molecule is COS(=O)(=O)CCC(F)(F)C(F)(F)F. The van der Waals surface area contributed by atoms with Crippen LogP contribution in [0.2, 0.25) is 0 Å². The first-order chi connectivity index (χ1) is 6.02. The van der Waals surface area contributed by atoms with Crippen molar-refractivity contribution in [3.05, 3.63) is 0 Å². The minimum absolute atomic E-state index is 0.682. The summed E-state index contributed by atoms with van der Waals surface area (Å²) < 4.78 is 83.5. The van der Waals surface area contributed by atoms with E-state index in [4.69, 9.17) is 0 Å². The van der Waals surface area contributed by atoms with Crippen LogP contribution in [0.1, 0.15) is 6.42 Å². The van der Waals surface area contributed by atoms with E-state index >= 15 is 0 Å². The monoisotopic (exact) mass is 242 g/mol. The van der Waals surface area contributed by atoms with Gasteiger partial charge in [-0.25, -0.2) is 0 Å². The van der Waals surface area contributed by atoms with E-state index < -0.39 is 34.4 Å². The van der Waals surface area contributed by atoms with Crippen LogP contribution in [0, 0.1) is 0 Å². The Hall–Kier alpha value is -0.440. The summed E-state index contributed by atoms with van der Waals surface area (Å²) in [6.45, 7) is 0. The zero-order valence-electron chi connectivity index (χ0n) is 6.94. The van der Waals surface area contributed by atoms with Crippen molar-refractivity contribution in [2.75, 3.05) is 12.9 Å². The number of rotatable bonds is 4. The second-order valence-corrected chi connectivity index (χ2v) is 4.24. The highest BCUT2D eigenvalue weighted by Crippen LogP contribution is 2.38. The molecular formula is C5H7F5O3S. The molecule has 0 fully saturated rings. The largest absolute Gasteiger partial charge is 0.453 e. The van der Waals surface area contributed by atoms with Crippen molar-refractivity contribution in [1.29, 1.82) is 0 Å². The molecule has 0 rings (SSSR count). The molecule has 0 unspecified atom stereocenters. The Morgan fingerprint density at radius 3 is 1.86 bits per heavy atom. The van der Waals surface area contributed by atoms with E-state index in [9.17, 15) is 30.4 Å². The van der Waals surface area contributed by atoms with Gasteiger partial charge in [-0.15, -0.1) is 0 Å². The lowest BCUT2D eigenvalue weighted by Crippen LogP contribution is -2.38. The maximum atomic E-state index is 12.2. The van der Waals surface area contributed by atoms with Crippen LogP contribution in [-0.2, 0) is 14.3 Å². The van der Waals surface area contributed by atoms with E-state index in [1.54, 1.807) is 0 Å². The number of halogens is 5. The molecule has 0 aromatic rings. The van der Waals surface area contributed by atoms with Crippen LogP contribution in [0.3, 0.4) is 0 Å². The summed E-state index contributed by atoms with van der Waals surface area (Å²) >= 11 is 0. The molecule has 0 saturated carbocycles. The van der Waals surface area contributed by atoms with Crippen LogP contribution in [0.4, 0.5) is 22.0 Å². The highest BCUT2D eigenvalue weighted by molar-refractivity contribution is 7.86. The van der Waals surface area contributed by atoms with Gasteiger partial charge in [-0.1, -0.05) is 0 Å². The summed E-state index contributed by atoms with van der Waals surface area (Å²) in [7, 11) is -3.61. The van der Waals surface area contributed by atoms with E-state index in [0.29, 0.717) is 7.11 Å². The lowest BCUT2D eigenvalue weighted by atomic mass is 10.2. The topological polar surface area (TPSA) is 43.4 Å². The first-order valence-electron chi connectivity index (χ1n) is 3.25. The van der Waals surface area contributed by atoms with Gasteiger partial charge in [0.25, 0.3) is 10.1 Å². The maximum absolute atomic E-state index is 12.2. The molecule has 0 heterocycles. The van der Waals surface area contributed by atoms with Crippen molar-refractivity contribution < 1.29 is 34.6 Å². The van der Waals surface area contributed by atoms with Gasteiger partial charge in [0.15, 0.2) is 0 Å². The number of hydrogen-bond donors (Lipinski definition) is 0. The fourth-order valence-electron chi connectivity index (χ4n) is 0.478. The van der Waals surface area contributed by atoms with Gasteiger partial charge in [-0.05, 0) is 0 Å². The molecule has 0 aliphatic rings. The molecule has 0 aliphatic carbocycles. The third-order valence-electron chi connectivity index (χ3n) is 1.33. The van der Waals surface area contributed by atoms with Gasteiger partial charge in [-0.2, -0.15) is 30.4 Å². The predicted molar refractivity (Wildman–Crippen MR) is 36.4 cm³/mol. The van der Waals surface area contributed by atoms with Crippen LogP contribution in [0.5, 0.6) is 0 Å². The molecule has 0 atom stereocenters. The Balaban J connectivity index is 4.42. The van der Waals surface area contributed by atoms with Gasteiger partial charge in [0, 0.05) is 6.42 Å². The number of alkyl halides is 5. The molecule has 0 N–H and O–H groups in total. The summed E-state index contributed by atoms with van der Waals surface area (Å²) in [6, 6.07) is 0. The van der Waals surface area contributed by atoms with Crippen molar-refractivity contribution >= 4 is 10.1 Å². The predicted octanol–water partition coefficient (Wildman–Crippen LogP) is 1.55. The second kappa shape index (κ2) is 3.97. The molecule has 0 aromatic carbocycles. The van der Waals surface area contributed by atoms with Crippen LogP contribution < -0.4 is 0 Å². The molecular weight excluding hydrogens is 235 g/mol. The van der Waals surface area contributed by atoms with Crippen LogP contribution in [0.15, 0.2) is 0 Å². The van der Waals surface area contributed by atoms with E-state index in [1.807, 2.05) is 0 Å². The van der Waals surface area contributed by atoms with Crippen LogP contribution in [-0.4, -0.2) is 33.4 Å². The average molecular weight is 242 g/mol. The van der Waals surface area contributed by atoms with E-state index in [0.717, 1.165) is 0 Å². The molecule has 9 heteroatoms. The normalized spacial score (nSPS) is 14.4. The van der Waals surface area contributed by atoms with Crippen molar-refractivity contribution in [3.63, 3.8) is 0 Å². The summed E-state index contributed by atoms with van der Waals surface area (Å²) in [5, 5.41) is 0. The first-order valence-corrected chi connectivity index (χ1v) is 4.82. The zero-order valence-corrected chi connectivity index (χ0v) is 7.75. The van der Waals surface area contributed by atoms with Crippen LogP contribution in [0.25, 0.3) is 0 Å². The third-order valence-corrected chi connectivity index (χ3v) is 2.55. The molecule has 0 aliphatic heterocycles. The molecule has 0 radical (unpaired) electrons. The van der Waals surface area contributed by atoms with Crippen molar-refractivity contribution in [3.8, 4) is 0 Å². The van der Waals surface area contributed by atoms with Gasteiger partial charge >= 0.3 is 12.1 Å². The lowest BCUT2D eigenvalue weighted by molar-refractivity contribution is -0.282. The minimum Gasteiger partial charge on any atom is -0.273 e. The lowest BCUT2D eigenvalue weighted by Gasteiger charge is -2.18. The Morgan fingerprint density at radius 2 is 1.57 bits per heavy atom. The highest BCUT2D eigenvalue weighted by Gasteiger charge is 2.57. The molecule has 0 amide bonds. The summed E-state index contributed by atoms with van der Waals surface area (Å²) in [6.07, 6.45) is -7.58. The van der Waals surface area contributed by atoms with Gasteiger partial charge in [0.05, 0.1) is 12.9 Å². The Morgan fingerprint density at radius 1 is 1.14 bits per heavy atom. The quantitative estimate of drug-likeness (QED) is 0.555. The van der Waals surface area contributed by atoms with Crippen LogP contribution >= 0.6 is 0 Å². The fraction of sp³-hybridized carbons (Fsp3) is 1.00. The van der Waals surface area contributed by atoms with Gasteiger partial charge in [0.1, 0.15) is 0 Å². The molecule has 0 bridgehead atoms. The number of hydrogen-bond acceptors (Lipinski definition) is 3. The smallest absolute Gasteiger partial charge is 0.273 e. The van der Waals surface area contributed by atoms with Crippen molar-refractivity contribution in [1.82, 2.24) is 0 Å². The maximum Gasteiger partial charge on any atom is 0.453 e. The zero-order chi connectivity index (χ0) is 11.6. The third kappa shape index (κ3) is 3.74. The fourth-order valence-corrected chi connectivity index (χ4v) is 1.15. The van der Waals surface area contributed by atoms with Gasteiger partial charge in [0.2, 0.25) is 0 Å². The van der Waals surface area contributed by atoms with E-state index in [1.165, 1.54) is 0 Å². The Kier molecular flexibility index (Phi) is 3.85. The Labute approximate surface area is 77.0 Å². The summed E-state index contributed by atoms with van der Waals surface area (Å²) in [4.78, 5) is 0. The molecule has 14 heavy (non-hydrogen) atoms. The van der Waals surface area contributed by atoms with Gasteiger partial charge < -0.3 is 0 Å².